The lowest BCUT2D eigenvalue weighted by Crippen LogP contribution is -2.31. The molecule has 0 aliphatic carbocycles. The van der Waals surface area contributed by atoms with Crippen molar-refractivity contribution in [3.05, 3.63) is 24.0 Å². The summed E-state index contributed by atoms with van der Waals surface area (Å²) in [5.41, 5.74) is -0.232. The molecular weight excluding hydrogens is 287 g/mol. The number of hydrogen-bond acceptors (Lipinski definition) is 4. The van der Waals surface area contributed by atoms with Crippen LogP contribution in [0.1, 0.15) is 13.3 Å². The highest BCUT2D eigenvalue weighted by molar-refractivity contribution is 7.89. The summed E-state index contributed by atoms with van der Waals surface area (Å²) < 4.78 is 41.3. The van der Waals surface area contributed by atoms with Gasteiger partial charge in [-0.2, -0.15) is 0 Å². The lowest BCUT2D eigenvalue weighted by atomic mass is 10.0. The summed E-state index contributed by atoms with van der Waals surface area (Å²) in [6, 6.07) is 2.96. The van der Waals surface area contributed by atoms with Gasteiger partial charge in [0.15, 0.2) is 0 Å². The van der Waals surface area contributed by atoms with E-state index in [1.807, 2.05) is 6.92 Å². The first-order valence-corrected chi connectivity index (χ1v) is 7.58. The van der Waals surface area contributed by atoms with Gasteiger partial charge in [-0.15, -0.1) is 0 Å². The van der Waals surface area contributed by atoms with Crippen molar-refractivity contribution in [2.75, 3.05) is 11.9 Å². The molecule has 6 nitrogen and oxygen atoms in total. The topological polar surface area (TPSA) is 98.5 Å². The van der Waals surface area contributed by atoms with Crippen molar-refractivity contribution in [3.63, 3.8) is 0 Å². The van der Waals surface area contributed by atoms with Gasteiger partial charge in [-0.05, 0) is 30.5 Å². The van der Waals surface area contributed by atoms with E-state index in [1.54, 1.807) is 0 Å². The molecule has 1 amide bonds. The third-order valence-corrected chi connectivity index (χ3v) is 4.08. The predicted molar refractivity (Wildman–Crippen MR) is 69.9 cm³/mol. The third-order valence-electron chi connectivity index (χ3n) is 3.17. The average molecular weight is 302 g/mol. The Labute approximate surface area is 116 Å². The number of carbonyl (C=O) groups excluding carboxylic acids is 1. The van der Waals surface area contributed by atoms with E-state index >= 15 is 0 Å². The first-order chi connectivity index (χ1) is 9.29. The summed E-state index contributed by atoms with van der Waals surface area (Å²) >= 11 is 0. The molecule has 0 saturated carbocycles. The van der Waals surface area contributed by atoms with Crippen molar-refractivity contribution < 1.29 is 22.3 Å². The van der Waals surface area contributed by atoms with Crippen molar-refractivity contribution in [2.45, 2.75) is 24.3 Å². The molecule has 0 aromatic heterocycles. The highest BCUT2D eigenvalue weighted by Gasteiger charge is 2.31. The molecule has 1 aliphatic heterocycles. The van der Waals surface area contributed by atoms with Crippen molar-refractivity contribution in [2.24, 2.45) is 11.1 Å². The maximum Gasteiger partial charge on any atom is 0.253 e. The molecule has 2 rings (SSSR count). The monoisotopic (exact) mass is 302 g/mol. The summed E-state index contributed by atoms with van der Waals surface area (Å²) in [6.07, 6.45) is 0.0881. The Hall–Kier alpha value is -1.51. The van der Waals surface area contributed by atoms with E-state index in [0.717, 1.165) is 24.6 Å². The Balaban J connectivity index is 2.22. The Bertz CT molecular complexity index is 632. The van der Waals surface area contributed by atoms with E-state index in [-0.39, 0.29) is 16.5 Å². The van der Waals surface area contributed by atoms with Crippen LogP contribution in [0.3, 0.4) is 0 Å². The Morgan fingerprint density at radius 2 is 2.20 bits per heavy atom. The molecule has 1 heterocycles. The maximum atomic E-state index is 13.6. The molecule has 3 N–H and O–H groups in total. The van der Waals surface area contributed by atoms with E-state index in [1.165, 1.54) is 0 Å². The summed E-state index contributed by atoms with van der Waals surface area (Å²) in [6.45, 7) is 2.33. The number of sulfonamides is 1. The SMILES string of the molecule is CC1CCOC1C(=O)Nc1cc(S(N)(=O)=O)ccc1F. The summed E-state index contributed by atoms with van der Waals surface area (Å²) in [4.78, 5) is 11.7. The van der Waals surface area contributed by atoms with E-state index in [4.69, 9.17) is 9.88 Å². The van der Waals surface area contributed by atoms with Crippen molar-refractivity contribution >= 4 is 21.6 Å². The smallest absolute Gasteiger partial charge is 0.253 e. The normalized spacial score (nSPS) is 22.8. The zero-order valence-electron chi connectivity index (χ0n) is 10.8. The zero-order valence-corrected chi connectivity index (χ0v) is 11.6. The zero-order chi connectivity index (χ0) is 14.9. The van der Waals surface area contributed by atoms with Crippen LogP contribution in [0.5, 0.6) is 0 Å². The van der Waals surface area contributed by atoms with Crippen LogP contribution in [0.4, 0.5) is 10.1 Å². The second kappa shape index (κ2) is 5.47. The van der Waals surface area contributed by atoms with Gasteiger partial charge in [0.05, 0.1) is 10.6 Å². The molecule has 1 saturated heterocycles. The van der Waals surface area contributed by atoms with Gasteiger partial charge in [0.2, 0.25) is 10.0 Å². The maximum absolute atomic E-state index is 13.6. The minimum Gasteiger partial charge on any atom is -0.368 e. The van der Waals surface area contributed by atoms with Gasteiger partial charge < -0.3 is 10.1 Å². The Morgan fingerprint density at radius 3 is 2.75 bits per heavy atom. The number of rotatable bonds is 3. The molecule has 0 bridgehead atoms. The van der Waals surface area contributed by atoms with Crippen molar-refractivity contribution in [3.8, 4) is 0 Å². The fraction of sp³-hybridized carbons (Fsp3) is 0.417. The number of hydrogen-bond donors (Lipinski definition) is 2. The van der Waals surface area contributed by atoms with E-state index in [2.05, 4.69) is 5.32 Å². The first-order valence-electron chi connectivity index (χ1n) is 6.04. The molecule has 20 heavy (non-hydrogen) atoms. The molecule has 110 valence electrons. The van der Waals surface area contributed by atoms with Gasteiger partial charge >= 0.3 is 0 Å². The lowest BCUT2D eigenvalue weighted by molar-refractivity contribution is -0.126. The van der Waals surface area contributed by atoms with Crippen molar-refractivity contribution in [1.29, 1.82) is 0 Å². The van der Waals surface area contributed by atoms with Crippen molar-refractivity contribution in [1.82, 2.24) is 0 Å². The van der Waals surface area contributed by atoms with Crippen LogP contribution in [0.15, 0.2) is 23.1 Å². The highest BCUT2D eigenvalue weighted by atomic mass is 32.2. The van der Waals surface area contributed by atoms with Gasteiger partial charge in [0.1, 0.15) is 11.9 Å². The van der Waals surface area contributed by atoms with E-state index in [0.29, 0.717) is 6.61 Å². The van der Waals surface area contributed by atoms with Gasteiger partial charge in [0.25, 0.3) is 5.91 Å². The number of anilines is 1. The number of nitrogens with one attached hydrogen (secondary N) is 1. The highest BCUT2D eigenvalue weighted by Crippen LogP contribution is 2.23. The minimum absolute atomic E-state index is 0.0273. The summed E-state index contributed by atoms with van der Waals surface area (Å²) in [5.74, 6) is -1.21. The second-order valence-electron chi connectivity index (χ2n) is 4.73. The average Bonchev–Trinajstić information content (AvgIpc) is 2.77. The molecular formula is C12H15FN2O4S. The van der Waals surface area contributed by atoms with Gasteiger partial charge in [-0.25, -0.2) is 17.9 Å². The first kappa shape index (κ1) is 14.9. The van der Waals surface area contributed by atoms with Crippen LogP contribution in [-0.4, -0.2) is 27.0 Å². The second-order valence-corrected chi connectivity index (χ2v) is 6.29. The quantitative estimate of drug-likeness (QED) is 0.864. The van der Waals surface area contributed by atoms with Crippen LogP contribution in [0, 0.1) is 11.7 Å². The van der Waals surface area contributed by atoms with E-state index < -0.39 is 27.9 Å². The third kappa shape index (κ3) is 3.14. The standard InChI is InChI=1S/C12H15FN2O4S/c1-7-4-5-19-11(7)12(16)15-10-6-8(20(14,17)18)2-3-9(10)13/h2-3,6-7,11H,4-5H2,1H3,(H,15,16)(H2,14,17,18). The number of halogens is 1. The number of benzene rings is 1. The lowest BCUT2D eigenvalue weighted by Gasteiger charge is -2.15. The minimum atomic E-state index is -3.96. The van der Waals surface area contributed by atoms with Crippen LogP contribution in [0.2, 0.25) is 0 Å². The van der Waals surface area contributed by atoms with Crippen LogP contribution in [-0.2, 0) is 19.6 Å². The molecule has 1 aromatic carbocycles. The number of nitrogens with two attached hydrogens (primary N) is 1. The van der Waals surface area contributed by atoms with E-state index in [9.17, 15) is 17.6 Å². The van der Waals surface area contributed by atoms with Crippen LogP contribution < -0.4 is 10.5 Å². The summed E-state index contributed by atoms with van der Waals surface area (Å²) in [7, 11) is -3.96. The number of carbonyl (C=O) groups is 1. The van der Waals surface area contributed by atoms with Gasteiger partial charge in [-0.3, -0.25) is 4.79 Å². The molecule has 1 aliphatic rings. The predicted octanol–water partition coefficient (Wildman–Crippen LogP) is 0.837. The van der Waals surface area contributed by atoms with Crippen LogP contribution in [0.25, 0.3) is 0 Å². The van der Waals surface area contributed by atoms with Crippen LogP contribution >= 0.6 is 0 Å². The molecule has 1 aromatic rings. The van der Waals surface area contributed by atoms with Gasteiger partial charge in [0, 0.05) is 6.61 Å². The number of ether oxygens (including phenoxy) is 1. The Morgan fingerprint density at radius 1 is 1.50 bits per heavy atom. The Kier molecular flexibility index (Phi) is 4.07. The molecule has 0 spiro atoms. The fourth-order valence-electron chi connectivity index (χ4n) is 2.01. The van der Waals surface area contributed by atoms with Gasteiger partial charge in [-0.1, -0.05) is 6.92 Å². The molecule has 0 radical (unpaired) electrons. The molecule has 2 atom stereocenters. The molecule has 2 unspecified atom stereocenters. The summed E-state index contributed by atoms with van der Waals surface area (Å²) in [5, 5.41) is 7.30. The fourth-order valence-corrected chi connectivity index (χ4v) is 2.55. The molecule has 8 heteroatoms. The largest absolute Gasteiger partial charge is 0.368 e. The number of primary sulfonamides is 1. The molecule has 1 fully saturated rings. The number of amides is 1.